The summed E-state index contributed by atoms with van der Waals surface area (Å²) in [6.45, 7) is 7.41. The van der Waals surface area contributed by atoms with Gasteiger partial charge in [-0.15, -0.1) is 11.8 Å². The van der Waals surface area contributed by atoms with E-state index >= 15 is 0 Å². The summed E-state index contributed by atoms with van der Waals surface area (Å²) in [5, 5.41) is 9.14. The lowest BCUT2D eigenvalue weighted by atomic mass is 9.78. The molecule has 3 amide bonds. The van der Waals surface area contributed by atoms with Crippen LogP contribution in [0.15, 0.2) is 78.9 Å². The Balaban J connectivity index is 1.37. The third kappa shape index (κ3) is 5.13. The second-order valence-electron chi connectivity index (χ2n) is 11.9. The Hall–Kier alpha value is -3.56. The molecule has 4 aliphatic heterocycles. The van der Waals surface area contributed by atoms with Gasteiger partial charge in [-0.25, -0.2) is 0 Å². The maximum atomic E-state index is 14.7. The van der Waals surface area contributed by atoms with E-state index in [0.717, 1.165) is 36.6 Å². The molecule has 1 N–H and O–H groups in total. The molecule has 2 aromatic carbocycles. The van der Waals surface area contributed by atoms with Crippen LogP contribution in [0.5, 0.6) is 0 Å². The van der Waals surface area contributed by atoms with Crippen molar-refractivity contribution in [2.24, 2.45) is 11.8 Å². The normalized spacial score (nSPS) is 27.7. The van der Waals surface area contributed by atoms with Gasteiger partial charge in [0.2, 0.25) is 11.8 Å². The minimum Gasteiger partial charge on any atom is -0.396 e. The first-order valence-electron chi connectivity index (χ1n) is 15.9. The third-order valence-electron chi connectivity index (χ3n) is 9.57. The number of carbonyl (C=O) groups excluding carboxylic acids is 3. The van der Waals surface area contributed by atoms with Crippen molar-refractivity contribution >= 4 is 46.5 Å². The van der Waals surface area contributed by atoms with Crippen LogP contribution in [0.3, 0.4) is 0 Å². The Bertz CT molecular complexity index is 1430. The second-order valence-corrected chi connectivity index (χ2v) is 13.4. The van der Waals surface area contributed by atoms with E-state index in [1.54, 1.807) is 26.5 Å². The van der Waals surface area contributed by atoms with Crippen molar-refractivity contribution in [3.8, 4) is 0 Å². The maximum absolute atomic E-state index is 14.7. The van der Waals surface area contributed by atoms with Gasteiger partial charge in [-0.05, 0) is 69.5 Å². The molecule has 232 valence electrons. The summed E-state index contributed by atoms with van der Waals surface area (Å²) in [5.74, 6) is -1.51. The number of amides is 3. The van der Waals surface area contributed by atoms with Gasteiger partial charge in [0.05, 0.1) is 16.6 Å². The number of anilines is 3. The molecule has 4 aliphatic rings. The van der Waals surface area contributed by atoms with Gasteiger partial charge in [0.15, 0.2) is 0 Å². The van der Waals surface area contributed by atoms with Crippen LogP contribution >= 0.6 is 11.8 Å². The molecule has 0 bridgehead atoms. The van der Waals surface area contributed by atoms with Gasteiger partial charge < -0.3 is 24.7 Å². The Labute approximate surface area is 264 Å². The van der Waals surface area contributed by atoms with Crippen LogP contribution in [-0.2, 0) is 14.4 Å². The molecule has 9 heteroatoms. The molecule has 0 aromatic heterocycles. The minimum absolute atomic E-state index is 0.0660. The standard InChI is InChI=1S/C35H42N4O4S/c1-3-36(4-2)25-16-18-27(19-17-25)38-23-12-20-35-30(33(42)39(31(35)34(38)43)21-9-6-10-24-40)29-28(44-35)15-11-22-37(32(29)41)26-13-7-5-8-14-26/h5,7-8,11-20,28-31,40H,3-4,6,9-10,21-24H2,1-2H3/t28-,29+,30+,31?,35+/m1/s1. The zero-order valence-corrected chi connectivity index (χ0v) is 26.4. The highest BCUT2D eigenvalue weighted by molar-refractivity contribution is 8.02. The van der Waals surface area contributed by atoms with Gasteiger partial charge in [0.25, 0.3) is 5.91 Å². The number of likely N-dealkylation sites (tertiary alicyclic amines) is 1. The number of hydrogen-bond acceptors (Lipinski definition) is 6. The van der Waals surface area contributed by atoms with E-state index in [-0.39, 0.29) is 29.6 Å². The Morgan fingerprint density at radius 3 is 2.23 bits per heavy atom. The molecule has 1 unspecified atom stereocenters. The molecule has 2 fully saturated rings. The number of thioether (sulfide) groups is 1. The minimum atomic E-state index is -0.851. The number of aliphatic hydroxyl groups is 1. The molecule has 44 heavy (non-hydrogen) atoms. The zero-order valence-electron chi connectivity index (χ0n) is 25.5. The van der Waals surface area contributed by atoms with Crippen molar-refractivity contribution in [1.82, 2.24) is 4.90 Å². The molecular weight excluding hydrogens is 572 g/mol. The van der Waals surface area contributed by atoms with Crippen LogP contribution in [0.4, 0.5) is 17.1 Å². The van der Waals surface area contributed by atoms with Crippen molar-refractivity contribution in [3.63, 3.8) is 0 Å². The lowest BCUT2D eigenvalue weighted by molar-refractivity contribution is -0.138. The summed E-state index contributed by atoms with van der Waals surface area (Å²) in [5.41, 5.74) is 2.71. The van der Waals surface area contributed by atoms with E-state index < -0.39 is 22.6 Å². The van der Waals surface area contributed by atoms with Crippen molar-refractivity contribution in [2.75, 3.05) is 54.0 Å². The third-order valence-corrected chi connectivity index (χ3v) is 11.3. The number of nitrogens with zero attached hydrogens (tertiary/aromatic N) is 4. The number of fused-ring (bicyclic) bond motifs is 2. The predicted octanol–water partition coefficient (Wildman–Crippen LogP) is 4.50. The second kappa shape index (κ2) is 12.8. The van der Waals surface area contributed by atoms with Crippen LogP contribution in [0.25, 0.3) is 0 Å². The molecule has 2 saturated heterocycles. The van der Waals surface area contributed by atoms with Gasteiger partial charge in [0, 0.05) is 61.6 Å². The van der Waals surface area contributed by atoms with Crippen LogP contribution < -0.4 is 14.7 Å². The monoisotopic (exact) mass is 614 g/mol. The summed E-state index contributed by atoms with van der Waals surface area (Å²) >= 11 is 1.61. The highest BCUT2D eigenvalue weighted by Crippen LogP contribution is 2.61. The number of aliphatic hydroxyl groups excluding tert-OH is 1. The summed E-state index contributed by atoms with van der Waals surface area (Å²) in [6.07, 6.45) is 10.3. The molecule has 0 saturated carbocycles. The lowest BCUT2D eigenvalue weighted by Gasteiger charge is -2.35. The van der Waals surface area contributed by atoms with Crippen molar-refractivity contribution in [3.05, 3.63) is 78.9 Å². The molecule has 6 rings (SSSR count). The molecule has 0 radical (unpaired) electrons. The first-order chi connectivity index (χ1) is 21.4. The summed E-state index contributed by atoms with van der Waals surface area (Å²) < 4.78 is -0.851. The zero-order chi connectivity index (χ0) is 30.8. The number of carbonyl (C=O) groups is 3. The molecule has 4 heterocycles. The fraction of sp³-hybridized carbons (Fsp3) is 0.457. The number of hydrogen-bond donors (Lipinski definition) is 1. The van der Waals surface area contributed by atoms with Gasteiger partial charge >= 0.3 is 0 Å². The van der Waals surface area contributed by atoms with Gasteiger partial charge in [-0.2, -0.15) is 0 Å². The van der Waals surface area contributed by atoms with E-state index in [1.165, 1.54) is 0 Å². The lowest BCUT2D eigenvalue weighted by Crippen LogP contribution is -2.53. The van der Waals surface area contributed by atoms with Crippen molar-refractivity contribution in [1.29, 1.82) is 0 Å². The summed E-state index contributed by atoms with van der Waals surface area (Å²) in [6, 6.07) is 17.0. The van der Waals surface area contributed by atoms with Crippen LogP contribution in [-0.4, -0.2) is 83.1 Å². The average molecular weight is 615 g/mol. The summed E-state index contributed by atoms with van der Waals surface area (Å²) in [7, 11) is 0. The number of benzene rings is 2. The van der Waals surface area contributed by atoms with E-state index in [4.69, 9.17) is 0 Å². The quantitative estimate of drug-likeness (QED) is 0.314. The largest absolute Gasteiger partial charge is 0.396 e. The molecule has 2 aromatic rings. The van der Waals surface area contributed by atoms with Crippen molar-refractivity contribution < 1.29 is 19.5 Å². The van der Waals surface area contributed by atoms with Gasteiger partial charge in [-0.3, -0.25) is 14.4 Å². The Kier molecular flexibility index (Phi) is 8.87. The molecule has 8 nitrogen and oxygen atoms in total. The molecule has 1 spiro atoms. The number of para-hydroxylation sites is 1. The SMILES string of the molecule is CCN(CC)c1ccc(N2CC=C[C@]34S[C@@H]5C=CCN(c6ccccc6)C(=O)[C@@H]5[C@H]3C(=O)N(CCCCCO)C4C2=O)cc1. The predicted molar refractivity (Wildman–Crippen MR) is 177 cm³/mol. The fourth-order valence-corrected chi connectivity index (χ4v) is 9.46. The average Bonchev–Trinajstić information content (AvgIpc) is 3.35. The number of unbranched alkanes of at least 4 members (excludes halogenated alkanes) is 2. The molecular formula is C35H42N4O4S. The highest BCUT2D eigenvalue weighted by Gasteiger charge is 2.71. The van der Waals surface area contributed by atoms with E-state index in [9.17, 15) is 19.5 Å². The van der Waals surface area contributed by atoms with E-state index in [0.29, 0.717) is 32.5 Å². The topological polar surface area (TPSA) is 84.4 Å². The van der Waals surface area contributed by atoms with Gasteiger partial charge in [-0.1, -0.05) is 42.5 Å². The number of rotatable bonds is 10. The van der Waals surface area contributed by atoms with Gasteiger partial charge in [0.1, 0.15) is 6.04 Å². The van der Waals surface area contributed by atoms with Crippen LogP contribution in [0, 0.1) is 11.8 Å². The Morgan fingerprint density at radius 1 is 0.841 bits per heavy atom. The smallest absolute Gasteiger partial charge is 0.251 e. The first kappa shape index (κ1) is 30.5. The maximum Gasteiger partial charge on any atom is 0.251 e. The van der Waals surface area contributed by atoms with E-state index in [2.05, 4.69) is 43.0 Å². The fourth-order valence-electron chi connectivity index (χ4n) is 7.45. The Morgan fingerprint density at radius 2 is 1.52 bits per heavy atom. The van der Waals surface area contributed by atoms with Crippen LogP contribution in [0.2, 0.25) is 0 Å². The molecule has 5 atom stereocenters. The first-order valence-corrected chi connectivity index (χ1v) is 16.8. The highest BCUT2D eigenvalue weighted by atomic mass is 32.2. The molecule has 0 aliphatic carbocycles. The summed E-state index contributed by atoms with van der Waals surface area (Å²) in [4.78, 5) is 51.1. The van der Waals surface area contributed by atoms with E-state index in [1.807, 2.05) is 54.6 Å². The van der Waals surface area contributed by atoms with Crippen LogP contribution in [0.1, 0.15) is 33.1 Å². The van der Waals surface area contributed by atoms with Crippen molar-refractivity contribution in [2.45, 2.75) is 49.1 Å².